The molecule has 18 heavy (non-hydrogen) atoms. The second kappa shape index (κ2) is 6.09. The standard InChI is InChI=1S/C13H17FN2OS/c1-9(17)15-11-2-3-12(14)13(8-11)16-10-4-6-18-7-5-10/h2-3,8,10,16H,4-7H2,1H3,(H,15,17). The molecule has 1 aromatic carbocycles. The van der Waals surface area contributed by atoms with Crippen molar-refractivity contribution in [3.63, 3.8) is 0 Å². The van der Waals surface area contributed by atoms with Gasteiger partial charge in [-0.2, -0.15) is 11.8 Å². The first-order chi connectivity index (χ1) is 8.65. The van der Waals surface area contributed by atoms with E-state index in [0.717, 1.165) is 24.3 Å². The zero-order valence-corrected chi connectivity index (χ0v) is 11.1. The minimum Gasteiger partial charge on any atom is -0.380 e. The van der Waals surface area contributed by atoms with Crippen molar-refractivity contribution in [1.82, 2.24) is 0 Å². The topological polar surface area (TPSA) is 41.1 Å². The zero-order chi connectivity index (χ0) is 13.0. The normalized spacial score (nSPS) is 16.3. The van der Waals surface area contributed by atoms with E-state index < -0.39 is 0 Å². The van der Waals surface area contributed by atoms with E-state index in [1.165, 1.54) is 13.0 Å². The van der Waals surface area contributed by atoms with Crippen LogP contribution in [0.1, 0.15) is 19.8 Å². The van der Waals surface area contributed by atoms with Gasteiger partial charge in [0, 0.05) is 18.7 Å². The van der Waals surface area contributed by atoms with Gasteiger partial charge in [0.05, 0.1) is 5.69 Å². The number of nitrogens with one attached hydrogen (secondary N) is 2. The number of benzene rings is 1. The minimum absolute atomic E-state index is 0.151. The third-order valence-corrected chi connectivity index (χ3v) is 3.92. The Morgan fingerprint density at radius 1 is 1.39 bits per heavy atom. The highest BCUT2D eigenvalue weighted by atomic mass is 32.2. The molecule has 0 saturated carbocycles. The van der Waals surface area contributed by atoms with Crippen LogP contribution in [0.4, 0.5) is 15.8 Å². The lowest BCUT2D eigenvalue weighted by atomic mass is 10.1. The number of carbonyl (C=O) groups excluding carboxylic acids is 1. The van der Waals surface area contributed by atoms with Gasteiger partial charge in [-0.05, 0) is 42.5 Å². The molecule has 1 amide bonds. The van der Waals surface area contributed by atoms with E-state index in [9.17, 15) is 9.18 Å². The summed E-state index contributed by atoms with van der Waals surface area (Å²) in [4.78, 5) is 11.0. The molecule has 1 saturated heterocycles. The fourth-order valence-corrected chi connectivity index (χ4v) is 3.09. The van der Waals surface area contributed by atoms with Gasteiger partial charge in [0.15, 0.2) is 0 Å². The van der Waals surface area contributed by atoms with Crippen molar-refractivity contribution in [3.05, 3.63) is 24.0 Å². The molecule has 1 aliphatic rings. The van der Waals surface area contributed by atoms with Gasteiger partial charge in [0.25, 0.3) is 0 Å². The van der Waals surface area contributed by atoms with E-state index >= 15 is 0 Å². The molecule has 1 aliphatic heterocycles. The SMILES string of the molecule is CC(=O)Nc1ccc(F)c(NC2CCSCC2)c1. The van der Waals surface area contributed by atoms with E-state index in [-0.39, 0.29) is 11.7 Å². The average molecular weight is 268 g/mol. The number of anilines is 2. The highest BCUT2D eigenvalue weighted by molar-refractivity contribution is 7.99. The van der Waals surface area contributed by atoms with Gasteiger partial charge in [-0.3, -0.25) is 4.79 Å². The molecule has 98 valence electrons. The lowest BCUT2D eigenvalue weighted by molar-refractivity contribution is -0.114. The molecule has 0 spiro atoms. The molecule has 0 unspecified atom stereocenters. The fourth-order valence-electron chi connectivity index (χ4n) is 1.98. The van der Waals surface area contributed by atoms with Crippen LogP contribution in [0.25, 0.3) is 0 Å². The second-order valence-electron chi connectivity index (χ2n) is 4.41. The van der Waals surface area contributed by atoms with E-state index in [0.29, 0.717) is 17.4 Å². The number of halogens is 1. The van der Waals surface area contributed by atoms with Crippen molar-refractivity contribution in [2.75, 3.05) is 22.1 Å². The van der Waals surface area contributed by atoms with Crippen LogP contribution in [0.5, 0.6) is 0 Å². The maximum Gasteiger partial charge on any atom is 0.221 e. The predicted molar refractivity (Wildman–Crippen MR) is 74.7 cm³/mol. The van der Waals surface area contributed by atoms with Crippen molar-refractivity contribution in [1.29, 1.82) is 0 Å². The number of rotatable bonds is 3. The zero-order valence-electron chi connectivity index (χ0n) is 10.3. The number of hydrogen-bond acceptors (Lipinski definition) is 3. The molecular formula is C13H17FN2OS. The summed E-state index contributed by atoms with van der Waals surface area (Å²) < 4.78 is 13.7. The van der Waals surface area contributed by atoms with Gasteiger partial charge in [-0.25, -0.2) is 4.39 Å². The first-order valence-corrected chi connectivity index (χ1v) is 7.22. The third kappa shape index (κ3) is 3.63. The smallest absolute Gasteiger partial charge is 0.221 e. The Hall–Kier alpha value is -1.23. The minimum atomic E-state index is -0.276. The molecule has 0 radical (unpaired) electrons. The first kappa shape index (κ1) is 13.2. The van der Waals surface area contributed by atoms with Gasteiger partial charge >= 0.3 is 0 Å². The van der Waals surface area contributed by atoms with Crippen molar-refractivity contribution >= 4 is 29.0 Å². The maximum atomic E-state index is 13.7. The van der Waals surface area contributed by atoms with Gasteiger partial charge < -0.3 is 10.6 Å². The van der Waals surface area contributed by atoms with Crippen LogP contribution < -0.4 is 10.6 Å². The highest BCUT2D eigenvalue weighted by Gasteiger charge is 2.15. The molecule has 0 bridgehead atoms. The third-order valence-electron chi connectivity index (χ3n) is 2.87. The summed E-state index contributed by atoms with van der Waals surface area (Å²) in [6.45, 7) is 1.44. The fraction of sp³-hybridized carbons (Fsp3) is 0.462. The molecule has 1 heterocycles. The van der Waals surface area contributed by atoms with Crippen LogP contribution in [0.3, 0.4) is 0 Å². The summed E-state index contributed by atoms with van der Waals surface area (Å²) in [5.74, 6) is 1.80. The van der Waals surface area contributed by atoms with E-state index in [4.69, 9.17) is 0 Å². The molecule has 3 nitrogen and oxygen atoms in total. The Balaban J connectivity index is 2.07. The van der Waals surface area contributed by atoms with Crippen LogP contribution in [-0.2, 0) is 4.79 Å². The van der Waals surface area contributed by atoms with Crippen molar-refractivity contribution in [3.8, 4) is 0 Å². The molecule has 0 atom stereocenters. The Morgan fingerprint density at radius 3 is 2.78 bits per heavy atom. The molecule has 1 aromatic rings. The first-order valence-electron chi connectivity index (χ1n) is 6.06. The second-order valence-corrected chi connectivity index (χ2v) is 5.63. The monoisotopic (exact) mass is 268 g/mol. The quantitative estimate of drug-likeness (QED) is 0.885. The molecule has 0 aromatic heterocycles. The number of hydrogen-bond donors (Lipinski definition) is 2. The summed E-state index contributed by atoms with van der Waals surface area (Å²) in [5, 5.41) is 5.88. The molecule has 1 fully saturated rings. The summed E-state index contributed by atoms with van der Waals surface area (Å²) in [7, 11) is 0. The lowest BCUT2D eigenvalue weighted by Gasteiger charge is -2.24. The summed E-state index contributed by atoms with van der Waals surface area (Å²) in [6, 6.07) is 4.93. The van der Waals surface area contributed by atoms with Crippen LogP contribution in [-0.4, -0.2) is 23.5 Å². The van der Waals surface area contributed by atoms with Gasteiger partial charge in [-0.15, -0.1) is 0 Å². The summed E-state index contributed by atoms with van der Waals surface area (Å²) in [5.41, 5.74) is 1.09. The van der Waals surface area contributed by atoms with Crippen molar-refractivity contribution in [2.24, 2.45) is 0 Å². The molecular weight excluding hydrogens is 251 g/mol. The lowest BCUT2D eigenvalue weighted by Crippen LogP contribution is -2.25. The Morgan fingerprint density at radius 2 is 2.11 bits per heavy atom. The van der Waals surface area contributed by atoms with Crippen LogP contribution >= 0.6 is 11.8 Å². The molecule has 2 rings (SSSR count). The molecule has 2 N–H and O–H groups in total. The number of amides is 1. The molecule has 5 heteroatoms. The van der Waals surface area contributed by atoms with Crippen LogP contribution in [0.2, 0.25) is 0 Å². The predicted octanol–water partition coefficient (Wildman–Crippen LogP) is 3.09. The summed E-state index contributed by atoms with van der Waals surface area (Å²) >= 11 is 1.93. The average Bonchev–Trinajstić information content (AvgIpc) is 2.34. The Bertz CT molecular complexity index is 433. The number of carbonyl (C=O) groups is 1. The van der Waals surface area contributed by atoms with E-state index in [2.05, 4.69) is 10.6 Å². The highest BCUT2D eigenvalue weighted by Crippen LogP contribution is 2.24. The Kier molecular flexibility index (Phi) is 4.47. The largest absolute Gasteiger partial charge is 0.380 e. The molecule has 0 aliphatic carbocycles. The van der Waals surface area contributed by atoms with Gasteiger partial charge in [0.1, 0.15) is 5.82 Å². The number of thioether (sulfide) groups is 1. The van der Waals surface area contributed by atoms with Crippen molar-refractivity contribution in [2.45, 2.75) is 25.8 Å². The van der Waals surface area contributed by atoms with Crippen LogP contribution in [0.15, 0.2) is 18.2 Å². The van der Waals surface area contributed by atoms with Crippen molar-refractivity contribution < 1.29 is 9.18 Å². The van der Waals surface area contributed by atoms with Gasteiger partial charge in [0.2, 0.25) is 5.91 Å². The van der Waals surface area contributed by atoms with Crippen LogP contribution in [0, 0.1) is 5.82 Å². The maximum absolute atomic E-state index is 13.7. The Labute approximate surface area is 111 Å². The van der Waals surface area contributed by atoms with E-state index in [1.54, 1.807) is 12.1 Å². The van der Waals surface area contributed by atoms with Gasteiger partial charge in [-0.1, -0.05) is 0 Å². The van der Waals surface area contributed by atoms with E-state index in [1.807, 2.05) is 11.8 Å². The summed E-state index contributed by atoms with van der Waals surface area (Å²) in [6.07, 6.45) is 2.10.